The van der Waals surface area contributed by atoms with Gasteiger partial charge in [-0.3, -0.25) is 14.6 Å². The Morgan fingerprint density at radius 1 is 1.00 bits per heavy atom. The maximum Gasteiger partial charge on any atom is 0.573 e. The molecule has 47 heavy (non-hydrogen) atoms. The molecule has 0 atom stereocenters. The maximum atomic E-state index is 15.1. The number of hydrogen-bond acceptors (Lipinski definition) is 7. The van der Waals surface area contributed by atoms with Crippen molar-refractivity contribution in [1.29, 1.82) is 0 Å². The molecule has 0 spiro atoms. The van der Waals surface area contributed by atoms with E-state index in [2.05, 4.69) is 34.2 Å². The first-order valence-electron chi connectivity index (χ1n) is 15.1. The third-order valence-corrected chi connectivity index (χ3v) is 7.16. The number of nitrogens with zero attached hydrogens (tertiary/aromatic N) is 1. The number of anilines is 1. The second-order valence-electron chi connectivity index (χ2n) is 10.8. The van der Waals surface area contributed by atoms with Crippen LogP contribution in [0, 0.1) is 11.7 Å². The molecule has 4 rings (SSSR count). The van der Waals surface area contributed by atoms with E-state index >= 15 is 4.39 Å². The number of pyridine rings is 1. The number of aliphatic hydroxyl groups is 1. The molecule has 0 saturated carbocycles. The fourth-order valence-electron chi connectivity index (χ4n) is 4.90. The Morgan fingerprint density at radius 2 is 1.72 bits per heavy atom. The SMILES string of the molecule is CCCC(CCC)COC1=Cc2nccc(Oc3ccc(NC(=O)C(=O)NCc4ccc(OC(F)(F)F)cc4)cc3F)c2CC=C1O. The Balaban J connectivity index is 1.37. The summed E-state index contributed by atoms with van der Waals surface area (Å²) in [7, 11) is 0. The lowest BCUT2D eigenvalue weighted by molar-refractivity contribution is -0.274. The lowest BCUT2D eigenvalue weighted by atomic mass is 9.99. The van der Waals surface area contributed by atoms with E-state index in [1.165, 1.54) is 30.5 Å². The monoisotopic (exact) mass is 657 g/mol. The molecule has 0 fully saturated rings. The van der Waals surface area contributed by atoms with Gasteiger partial charge in [0.2, 0.25) is 0 Å². The normalized spacial score (nSPS) is 12.7. The highest BCUT2D eigenvalue weighted by Gasteiger charge is 2.31. The lowest BCUT2D eigenvalue weighted by Gasteiger charge is -2.17. The number of halogens is 4. The molecule has 1 aliphatic rings. The van der Waals surface area contributed by atoms with Crippen molar-refractivity contribution in [2.24, 2.45) is 5.92 Å². The highest BCUT2D eigenvalue weighted by Crippen LogP contribution is 2.34. The second-order valence-corrected chi connectivity index (χ2v) is 10.8. The summed E-state index contributed by atoms with van der Waals surface area (Å²) in [6.07, 6.45) is 4.23. The molecule has 9 nitrogen and oxygen atoms in total. The van der Waals surface area contributed by atoms with Crippen LogP contribution in [0.1, 0.15) is 56.4 Å². The van der Waals surface area contributed by atoms with Crippen molar-refractivity contribution in [2.75, 3.05) is 11.9 Å². The number of nitrogens with one attached hydrogen (secondary N) is 2. The van der Waals surface area contributed by atoms with Gasteiger partial charge in [-0.05, 0) is 60.7 Å². The van der Waals surface area contributed by atoms with Crippen LogP contribution in [0.2, 0.25) is 0 Å². The average Bonchev–Trinajstić information content (AvgIpc) is 3.18. The van der Waals surface area contributed by atoms with E-state index in [9.17, 15) is 27.9 Å². The highest BCUT2D eigenvalue weighted by molar-refractivity contribution is 6.39. The van der Waals surface area contributed by atoms with Gasteiger partial charge in [0, 0.05) is 42.6 Å². The van der Waals surface area contributed by atoms with Crippen LogP contribution in [0.3, 0.4) is 0 Å². The molecule has 1 aromatic heterocycles. The molecule has 2 aromatic carbocycles. The van der Waals surface area contributed by atoms with Gasteiger partial charge >= 0.3 is 18.2 Å². The Hall–Kier alpha value is -5.07. The van der Waals surface area contributed by atoms with Crippen molar-refractivity contribution >= 4 is 23.6 Å². The number of ether oxygens (including phenoxy) is 3. The number of aliphatic hydroxyl groups excluding tert-OH is 1. The predicted octanol–water partition coefficient (Wildman–Crippen LogP) is 7.74. The van der Waals surface area contributed by atoms with E-state index in [-0.39, 0.29) is 30.2 Å². The van der Waals surface area contributed by atoms with Gasteiger partial charge in [-0.25, -0.2) is 4.39 Å². The number of fused-ring (bicyclic) bond motifs is 1. The molecule has 0 radical (unpaired) electrons. The van der Waals surface area contributed by atoms with Gasteiger partial charge in [0.25, 0.3) is 0 Å². The zero-order valence-corrected chi connectivity index (χ0v) is 25.8. The molecular formula is C34H35F4N3O6. The van der Waals surface area contributed by atoms with Crippen LogP contribution in [0.4, 0.5) is 23.2 Å². The van der Waals surface area contributed by atoms with E-state index in [4.69, 9.17) is 9.47 Å². The van der Waals surface area contributed by atoms with Gasteiger partial charge in [-0.1, -0.05) is 38.8 Å². The summed E-state index contributed by atoms with van der Waals surface area (Å²) in [5, 5.41) is 15.3. The van der Waals surface area contributed by atoms with Crippen LogP contribution in [0.15, 0.2) is 72.3 Å². The summed E-state index contributed by atoms with van der Waals surface area (Å²) in [5.41, 5.74) is 1.51. The molecule has 1 heterocycles. The van der Waals surface area contributed by atoms with Crippen LogP contribution in [0.25, 0.3) is 6.08 Å². The zero-order chi connectivity index (χ0) is 34.0. The zero-order valence-electron chi connectivity index (χ0n) is 25.8. The van der Waals surface area contributed by atoms with E-state index in [0.717, 1.165) is 43.9 Å². The molecule has 2 amide bonds. The first kappa shape index (κ1) is 34.8. The Bertz CT molecular complexity index is 1620. The molecule has 0 saturated heterocycles. The van der Waals surface area contributed by atoms with Crippen molar-refractivity contribution in [3.05, 3.63) is 95.0 Å². The molecule has 13 heteroatoms. The molecule has 0 aliphatic heterocycles. The Labute approximate surface area is 269 Å². The number of alkyl halides is 3. The van der Waals surface area contributed by atoms with Crippen LogP contribution in [0.5, 0.6) is 17.2 Å². The molecule has 250 valence electrons. The van der Waals surface area contributed by atoms with E-state index < -0.39 is 29.7 Å². The fraction of sp³-hybridized carbons (Fsp3) is 0.324. The first-order valence-corrected chi connectivity index (χ1v) is 15.1. The number of carbonyl (C=O) groups excluding carboxylic acids is 2. The molecular weight excluding hydrogens is 622 g/mol. The number of amides is 2. The molecule has 0 unspecified atom stereocenters. The quantitative estimate of drug-likeness (QED) is 0.127. The van der Waals surface area contributed by atoms with Crippen molar-refractivity contribution in [1.82, 2.24) is 10.3 Å². The average molecular weight is 658 g/mol. The highest BCUT2D eigenvalue weighted by atomic mass is 19.4. The lowest BCUT2D eigenvalue weighted by Crippen LogP contribution is -2.34. The second kappa shape index (κ2) is 16.0. The van der Waals surface area contributed by atoms with Crippen molar-refractivity contribution < 1.29 is 46.5 Å². The summed E-state index contributed by atoms with van der Waals surface area (Å²) in [4.78, 5) is 29.0. The summed E-state index contributed by atoms with van der Waals surface area (Å²) in [5.74, 6) is -2.58. The van der Waals surface area contributed by atoms with Gasteiger partial charge in [-0.15, -0.1) is 13.2 Å². The third-order valence-electron chi connectivity index (χ3n) is 7.16. The summed E-state index contributed by atoms with van der Waals surface area (Å²) >= 11 is 0. The summed E-state index contributed by atoms with van der Waals surface area (Å²) in [6, 6.07) is 9.94. The van der Waals surface area contributed by atoms with E-state index in [1.807, 2.05) is 0 Å². The molecule has 0 bridgehead atoms. The number of carbonyl (C=O) groups is 2. The minimum atomic E-state index is -4.83. The van der Waals surface area contributed by atoms with Crippen LogP contribution < -0.4 is 20.1 Å². The molecule has 3 N–H and O–H groups in total. The number of allylic oxidation sites excluding steroid dienone is 1. The van der Waals surface area contributed by atoms with E-state index in [0.29, 0.717) is 40.9 Å². The largest absolute Gasteiger partial charge is 0.573 e. The van der Waals surface area contributed by atoms with E-state index in [1.54, 1.807) is 18.2 Å². The standard InChI is InChI=1S/C34H35F4N3O6/c1-3-5-22(6-4-2)20-45-31-18-27-25(12-13-28(31)42)29(15-16-39-27)46-30-14-9-23(17-26(30)35)41-33(44)32(43)40-19-21-7-10-24(11-8-21)47-34(36,37)38/h7-11,13-18,22,42H,3-6,12,19-20H2,1-2H3,(H,40,43)(H,41,44). The summed E-state index contributed by atoms with van der Waals surface area (Å²) < 4.78 is 67.7. The van der Waals surface area contributed by atoms with Crippen LogP contribution in [-0.2, 0) is 27.3 Å². The van der Waals surface area contributed by atoms with Crippen molar-refractivity contribution in [3.8, 4) is 17.2 Å². The number of rotatable bonds is 13. The Kier molecular flexibility index (Phi) is 11.8. The predicted molar refractivity (Wildman–Crippen MR) is 166 cm³/mol. The van der Waals surface area contributed by atoms with Crippen molar-refractivity contribution in [3.63, 3.8) is 0 Å². The van der Waals surface area contributed by atoms with Gasteiger partial charge in [0.15, 0.2) is 23.1 Å². The fourth-order valence-corrected chi connectivity index (χ4v) is 4.90. The number of hydrogen-bond donors (Lipinski definition) is 3. The molecule has 3 aromatic rings. The van der Waals surface area contributed by atoms with Crippen LogP contribution in [-0.4, -0.2) is 34.9 Å². The number of benzene rings is 2. The Morgan fingerprint density at radius 3 is 2.38 bits per heavy atom. The third kappa shape index (κ3) is 10.2. The summed E-state index contributed by atoms with van der Waals surface area (Å²) in [6.45, 7) is 4.56. The maximum absolute atomic E-state index is 15.1. The van der Waals surface area contributed by atoms with Gasteiger partial charge in [0.05, 0.1) is 12.3 Å². The molecule has 1 aliphatic carbocycles. The van der Waals surface area contributed by atoms with Crippen LogP contribution >= 0.6 is 0 Å². The topological polar surface area (TPSA) is 119 Å². The first-order chi connectivity index (χ1) is 22.5. The minimum absolute atomic E-state index is 0.0146. The van der Waals surface area contributed by atoms with Gasteiger partial charge < -0.3 is 30.0 Å². The van der Waals surface area contributed by atoms with Gasteiger partial charge in [-0.2, -0.15) is 0 Å². The minimum Gasteiger partial charge on any atom is -0.504 e. The van der Waals surface area contributed by atoms with Gasteiger partial charge in [0.1, 0.15) is 11.5 Å². The van der Waals surface area contributed by atoms with Crippen molar-refractivity contribution in [2.45, 2.75) is 58.9 Å². The smallest absolute Gasteiger partial charge is 0.504 e. The number of aromatic nitrogens is 1.